The van der Waals surface area contributed by atoms with Gasteiger partial charge in [-0.1, -0.05) is 6.42 Å². The number of carbonyl (C=O) groups excluding carboxylic acids is 1. The van der Waals surface area contributed by atoms with Crippen LogP contribution in [0.15, 0.2) is 12.4 Å². The average Bonchev–Trinajstić information content (AvgIpc) is 3.06. The molecule has 3 rings (SSSR count). The molecule has 21 heavy (non-hydrogen) atoms. The topological polar surface area (TPSA) is 87.5 Å². The van der Waals surface area contributed by atoms with Gasteiger partial charge in [-0.25, -0.2) is 9.78 Å². The smallest absolute Gasteiger partial charge is 0.318 e. The van der Waals surface area contributed by atoms with Gasteiger partial charge in [0.25, 0.3) is 0 Å². The number of imidazole rings is 1. The van der Waals surface area contributed by atoms with E-state index in [1.807, 2.05) is 10.8 Å². The van der Waals surface area contributed by atoms with Crippen molar-refractivity contribution in [3.63, 3.8) is 0 Å². The summed E-state index contributed by atoms with van der Waals surface area (Å²) < 4.78 is 2.03. The van der Waals surface area contributed by atoms with Crippen LogP contribution in [0.25, 0.3) is 0 Å². The number of carbonyl (C=O) groups is 2. The number of nitrogens with zero attached hydrogens (tertiary/aromatic N) is 3. The zero-order valence-corrected chi connectivity index (χ0v) is 12.1. The van der Waals surface area contributed by atoms with E-state index >= 15 is 0 Å². The van der Waals surface area contributed by atoms with E-state index in [1.54, 1.807) is 18.0 Å². The summed E-state index contributed by atoms with van der Waals surface area (Å²) in [4.78, 5) is 29.7. The van der Waals surface area contributed by atoms with Crippen LogP contribution in [-0.2, 0) is 17.9 Å². The molecule has 2 amide bonds. The first kappa shape index (κ1) is 13.9. The third kappa shape index (κ3) is 2.36. The first-order chi connectivity index (χ1) is 10.0. The van der Waals surface area contributed by atoms with Crippen molar-refractivity contribution in [2.45, 2.75) is 45.3 Å². The van der Waals surface area contributed by atoms with Gasteiger partial charge in [-0.3, -0.25) is 4.79 Å². The predicted molar refractivity (Wildman–Crippen MR) is 74.6 cm³/mol. The minimum absolute atomic E-state index is 0.191. The molecule has 1 saturated carbocycles. The van der Waals surface area contributed by atoms with Gasteiger partial charge in [0.15, 0.2) is 0 Å². The Morgan fingerprint density at radius 2 is 2.29 bits per heavy atom. The number of rotatable bonds is 2. The summed E-state index contributed by atoms with van der Waals surface area (Å²) in [5.74, 6) is 0.0308. The molecular formula is C14H20N4O3. The molecule has 1 aromatic heterocycles. The Morgan fingerprint density at radius 3 is 3.05 bits per heavy atom. The van der Waals surface area contributed by atoms with Crippen LogP contribution < -0.4 is 5.32 Å². The molecule has 0 aromatic carbocycles. The van der Waals surface area contributed by atoms with E-state index in [4.69, 9.17) is 0 Å². The lowest BCUT2D eigenvalue weighted by Gasteiger charge is -2.32. The Hall–Kier alpha value is -2.05. The maximum atomic E-state index is 12.4. The Balaban J connectivity index is 1.66. The molecule has 7 heteroatoms. The number of aromatic nitrogens is 2. The molecule has 1 aromatic rings. The molecule has 2 unspecified atom stereocenters. The summed E-state index contributed by atoms with van der Waals surface area (Å²) in [6.45, 7) is 3.53. The number of carboxylic acid groups (broad SMARTS) is 1. The number of amides is 2. The third-order valence-electron chi connectivity index (χ3n) is 4.78. The van der Waals surface area contributed by atoms with E-state index < -0.39 is 11.4 Å². The molecule has 0 saturated heterocycles. The van der Waals surface area contributed by atoms with Crippen LogP contribution in [-0.4, -0.2) is 44.1 Å². The predicted octanol–water partition coefficient (Wildman–Crippen LogP) is 1.05. The van der Waals surface area contributed by atoms with Crippen molar-refractivity contribution >= 4 is 12.0 Å². The molecule has 1 aliphatic carbocycles. The maximum absolute atomic E-state index is 12.4. The molecule has 2 N–H and O–H groups in total. The molecule has 2 aliphatic rings. The van der Waals surface area contributed by atoms with Crippen LogP contribution in [0.2, 0.25) is 0 Å². The van der Waals surface area contributed by atoms with Crippen molar-refractivity contribution in [3.05, 3.63) is 18.2 Å². The van der Waals surface area contributed by atoms with Gasteiger partial charge in [0, 0.05) is 31.5 Å². The maximum Gasteiger partial charge on any atom is 0.318 e. The van der Waals surface area contributed by atoms with Crippen molar-refractivity contribution in [1.29, 1.82) is 0 Å². The molecule has 1 aliphatic heterocycles. The van der Waals surface area contributed by atoms with Crippen LogP contribution >= 0.6 is 0 Å². The normalized spacial score (nSPS) is 28.2. The summed E-state index contributed by atoms with van der Waals surface area (Å²) in [6, 6.07) is -0.493. The molecule has 0 bridgehead atoms. The fraction of sp³-hybridized carbons (Fsp3) is 0.643. The summed E-state index contributed by atoms with van der Waals surface area (Å²) in [7, 11) is 0. The Kier molecular flexibility index (Phi) is 3.35. The number of hydrogen-bond acceptors (Lipinski definition) is 3. The second-order valence-electron chi connectivity index (χ2n) is 6.08. The Morgan fingerprint density at radius 1 is 1.48 bits per heavy atom. The van der Waals surface area contributed by atoms with Gasteiger partial charge < -0.3 is 19.9 Å². The van der Waals surface area contributed by atoms with Gasteiger partial charge in [-0.15, -0.1) is 0 Å². The number of aliphatic carboxylic acids is 1. The SMILES string of the molecule is CC1(C(=O)O)CCCC1NC(=O)N1CCn2ccnc2C1. The minimum Gasteiger partial charge on any atom is -0.481 e. The van der Waals surface area contributed by atoms with Gasteiger partial charge in [0.2, 0.25) is 0 Å². The Labute approximate surface area is 122 Å². The monoisotopic (exact) mass is 292 g/mol. The molecule has 2 atom stereocenters. The first-order valence-electron chi connectivity index (χ1n) is 7.29. The molecular weight excluding hydrogens is 272 g/mol. The molecule has 0 spiro atoms. The van der Waals surface area contributed by atoms with Crippen molar-refractivity contribution in [3.8, 4) is 0 Å². The van der Waals surface area contributed by atoms with E-state index in [2.05, 4.69) is 10.3 Å². The highest BCUT2D eigenvalue weighted by molar-refractivity contribution is 5.79. The van der Waals surface area contributed by atoms with E-state index in [1.165, 1.54) is 0 Å². The highest BCUT2D eigenvalue weighted by Gasteiger charge is 2.46. The largest absolute Gasteiger partial charge is 0.481 e. The summed E-state index contributed by atoms with van der Waals surface area (Å²) in [5.41, 5.74) is -0.857. The van der Waals surface area contributed by atoms with Crippen LogP contribution in [0.4, 0.5) is 4.79 Å². The fourth-order valence-corrected chi connectivity index (χ4v) is 3.24. The molecule has 0 radical (unpaired) electrons. The second kappa shape index (κ2) is 5.05. The van der Waals surface area contributed by atoms with Gasteiger partial charge in [-0.05, 0) is 19.8 Å². The number of urea groups is 1. The summed E-state index contributed by atoms with van der Waals surface area (Å²) >= 11 is 0. The van der Waals surface area contributed by atoms with E-state index in [-0.39, 0.29) is 12.1 Å². The fourth-order valence-electron chi connectivity index (χ4n) is 3.24. The second-order valence-corrected chi connectivity index (χ2v) is 6.08. The van der Waals surface area contributed by atoms with Crippen molar-refractivity contribution in [1.82, 2.24) is 19.8 Å². The minimum atomic E-state index is -0.857. The van der Waals surface area contributed by atoms with Crippen LogP contribution in [0, 0.1) is 5.41 Å². The summed E-state index contributed by atoms with van der Waals surface area (Å²) in [6.07, 6.45) is 5.80. The van der Waals surface area contributed by atoms with Gasteiger partial charge >= 0.3 is 12.0 Å². The lowest BCUT2D eigenvalue weighted by molar-refractivity contribution is -0.148. The first-order valence-corrected chi connectivity index (χ1v) is 7.29. The van der Waals surface area contributed by atoms with Crippen molar-refractivity contribution in [2.75, 3.05) is 6.54 Å². The van der Waals surface area contributed by atoms with E-state index in [0.717, 1.165) is 25.2 Å². The number of carboxylic acids is 1. The van der Waals surface area contributed by atoms with Crippen molar-refractivity contribution in [2.24, 2.45) is 5.41 Å². The lowest BCUT2D eigenvalue weighted by atomic mass is 9.85. The van der Waals surface area contributed by atoms with Gasteiger partial charge in [0.1, 0.15) is 5.82 Å². The van der Waals surface area contributed by atoms with Gasteiger partial charge in [-0.2, -0.15) is 0 Å². The Bertz CT molecular complexity index is 570. The average molecular weight is 292 g/mol. The van der Waals surface area contributed by atoms with Crippen LogP contribution in [0.1, 0.15) is 32.0 Å². The molecule has 2 heterocycles. The van der Waals surface area contributed by atoms with Gasteiger partial charge in [0.05, 0.1) is 12.0 Å². The standard InChI is InChI=1S/C14H20N4O3/c1-14(12(19)20)4-2-3-10(14)16-13(21)18-8-7-17-6-5-15-11(17)9-18/h5-6,10H,2-4,7-9H2,1H3,(H,16,21)(H,19,20). The number of hydrogen-bond donors (Lipinski definition) is 2. The van der Waals surface area contributed by atoms with Crippen LogP contribution in [0.5, 0.6) is 0 Å². The summed E-state index contributed by atoms with van der Waals surface area (Å²) in [5, 5.41) is 12.3. The van der Waals surface area contributed by atoms with E-state index in [9.17, 15) is 14.7 Å². The highest BCUT2D eigenvalue weighted by atomic mass is 16.4. The van der Waals surface area contributed by atoms with Crippen molar-refractivity contribution < 1.29 is 14.7 Å². The lowest BCUT2D eigenvalue weighted by Crippen LogP contribution is -2.52. The zero-order valence-electron chi connectivity index (χ0n) is 12.1. The third-order valence-corrected chi connectivity index (χ3v) is 4.78. The van der Waals surface area contributed by atoms with Crippen LogP contribution in [0.3, 0.4) is 0 Å². The molecule has 1 fully saturated rings. The highest BCUT2D eigenvalue weighted by Crippen LogP contribution is 2.38. The van der Waals surface area contributed by atoms with E-state index in [0.29, 0.717) is 19.5 Å². The number of nitrogens with one attached hydrogen (secondary N) is 1. The zero-order chi connectivity index (χ0) is 15.0. The quantitative estimate of drug-likeness (QED) is 0.853. The number of fused-ring (bicyclic) bond motifs is 1. The molecule has 114 valence electrons. The molecule has 7 nitrogen and oxygen atoms in total.